The number of anilines is 3. The number of nitrogens with zero attached hydrogens (tertiary/aromatic N) is 2. The highest BCUT2D eigenvalue weighted by atomic mass is 19.4. The number of fused-ring (bicyclic) bond motifs is 1. The topological polar surface area (TPSA) is 105 Å². The van der Waals surface area contributed by atoms with Crippen molar-refractivity contribution >= 4 is 34.1 Å². The summed E-state index contributed by atoms with van der Waals surface area (Å²) in [6.07, 6.45) is -4.98. The van der Waals surface area contributed by atoms with Crippen LogP contribution in [0.2, 0.25) is 0 Å². The second kappa shape index (κ2) is 10.6. The standard InChI is InChI=1S/C25H27F3N4O5/c1-4-37-24(34)21-22(25(26,27)28)15-12-18(33)20(36-3)13-17(15)31-23(21)30-16-6-5-14(11-19(16)35-2)32-9-7-29-8-10-32/h5-6,11-13,29,33H,4,7-10H2,1-3H3,(H,30,31). The lowest BCUT2D eigenvalue weighted by atomic mass is 10.0. The first kappa shape index (κ1) is 26.1. The lowest BCUT2D eigenvalue weighted by molar-refractivity contribution is -0.136. The number of carbonyl (C=O) groups excluding carboxylic acids is 1. The summed E-state index contributed by atoms with van der Waals surface area (Å²) in [6.45, 7) is 4.57. The molecule has 1 fully saturated rings. The fraction of sp³-hybridized carbons (Fsp3) is 0.360. The van der Waals surface area contributed by atoms with Gasteiger partial charge in [0.05, 0.1) is 37.6 Å². The number of carbonyl (C=O) groups is 1. The van der Waals surface area contributed by atoms with Gasteiger partial charge in [0.1, 0.15) is 17.1 Å². The van der Waals surface area contributed by atoms with Crippen molar-refractivity contribution in [2.75, 3.05) is 57.2 Å². The Kier molecular flexibility index (Phi) is 7.48. The number of piperazine rings is 1. The summed E-state index contributed by atoms with van der Waals surface area (Å²) in [4.78, 5) is 19.3. The zero-order valence-corrected chi connectivity index (χ0v) is 20.5. The van der Waals surface area contributed by atoms with E-state index < -0.39 is 34.4 Å². The molecule has 1 aliphatic rings. The molecule has 198 valence electrons. The molecule has 1 aliphatic heterocycles. The van der Waals surface area contributed by atoms with Crippen LogP contribution in [0.4, 0.5) is 30.4 Å². The van der Waals surface area contributed by atoms with Crippen molar-refractivity contribution in [3.63, 3.8) is 0 Å². The number of hydrogen-bond donors (Lipinski definition) is 3. The average molecular weight is 521 g/mol. The number of aromatic hydroxyl groups is 1. The predicted octanol–water partition coefficient (Wildman–Crippen LogP) is 4.31. The van der Waals surface area contributed by atoms with Crippen molar-refractivity contribution in [1.82, 2.24) is 10.3 Å². The number of halogens is 3. The van der Waals surface area contributed by atoms with Crippen LogP contribution in [0.1, 0.15) is 22.8 Å². The maximum absolute atomic E-state index is 14.4. The minimum absolute atomic E-state index is 0.0686. The number of esters is 1. The summed E-state index contributed by atoms with van der Waals surface area (Å²) in [5.74, 6) is -1.83. The number of aromatic nitrogens is 1. The molecule has 3 aromatic rings. The molecule has 0 aliphatic carbocycles. The summed E-state index contributed by atoms with van der Waals surface area (Å²) in [7, 11) is 2.71. The highest BCUT2D eigenvalue weighted by Crippen LogP contribution is 2.44. The molecule has 0 bridgehead atoms. The summed E-state index contributed by atoms with van der Waals surface area (Å²) in [5, 5.41) is 15.8. The van der Waals surface area contributed by atoms with E-state index in [0.717, 1.165) is 37.9 Å². The molecule has 0 unspecified atom stereocenters. The van der Waals surface area contributed by atoms with Crippen LogP contribution in [-0.4, -0.2) is 63.1 Å². The van der Waals surface area contributed by atoms with Crippen molar-refractivity contribution in [2.24, 2.45) is 0 Å². The molecule has 2 heterocycles. The molecule has 0 saturated carbocycles. The van der Waals surface area contributed by atoms with E-state index in [9.17, 15) is 23.1 Å². The summed E-state index contributed by atoms with van der Waals surface area (Å²) >= 11 is 0. The number of phenolic OH excluding ortho intramolecular Hbond substituents is 1. The van der Waals surface area contributed by atoms with E-state index in [1.165, 1.54) is 27.2 Å². The molecule has 0 spiro atoms. The molecule has 1 aromatic heterocycles. The maximum Gasteiger partial charge on any atom is 0.418 e. The van der Waals surface area contributed by atoms with Gasteiger partial charge in [0.15, 0.2) is 11.5 Å². The first-order chi connectivity index (χ1) is 17.7. The number of ether oxygens (including phenoxy) is 3. The van der Waals surface area contributed by atoms with E-state index in [2.05, 4.69) is 20.5 Å². The van der Waals surface area contributed by atoms with Crippen LogP contribution < -0.4 is 25.0 Å². The molecule has 1 saturated heterocycles. The van der Waals surface area contributed by atoms with E-state index in [1.54, 1.807) is 12.1 Å². The second-order valence-corrected chi connectivity index (χ2v) is 8.22. The molecular formula is C25H27F3N4O5. The first-order valence-electron chi connectivity index (χ1n) is 11.6. The number of pyridine rings is 1. The number of benzene rings is 2. The monoisotopic (exact) mass is 520 g/mol. The Labute approximate surface area is 211 Å². The van der Waals surface area contributed by atoms with Crippen molar-refractivity contribution in [3.8, 4) is 17.2 Å². The highest BCUT2D eigenvalue weighted by Gasteiger charge is 2.41. The van der Waals surface area contributed by atoms with Gasteiger partial charge in [-0.25, -0.2) is 9.78 Å². The van der Waals surface area contributed by atoms with Crippen LogP contribution in [0.3, 0.4) is 0 Å². The van der Waals surface area contributed by atoms with Crippen LogP contribution in [0.15, 0.2) is 30.3 Å². The largest absolute Gasteiger partial charge is 0.504 e. The highest BCUT2D eigenvalue weighted by molar-refractivity contribution is 6.04. The molecule has 37 heavy (non-hydrogen) atoms. The summed E-state index contributed by atoms with van der Waals surface area (Å²) < 4.78 is 58.7. The van der Waals surface area contributed by atoms with Gasteiger partial charge < -0.3 is 34.9 Å². The molecule has 0 atom stereocenters. The van der Waals surface area contributed by atoms with E-state index in [0.29, 0.717) is 11.4 Å². The minimum Gasteiger partial charge on any atom is -0.504 e. The van der Waals surface area contributed by atoms with Gasteiger partial charge in [0.2, 0.25) is 0 Å². The van der Waals surface area contributed by atoms with Gasteiger partial charge >= 0.3 is 12.1 Å². The van der Waals surface area contributed by atoms with Crippen molar-refractivity contribution < 1.29 is 37.3 Å². The number of phenols is 1. The van der Waals surface area contributed by atoms with Gasteiger partial charge in [-0.3, -0.25) is 0 Å². The molecule has 0 amide bonds. The number of rotatable bonds is 7. The van der Waals surface area contributed by atoms with Gasteiger partial charge in [-0.05, 0) is 25.1 Å². The van der Waals surface area contributed by atoms with Crippen LogP contribution in [0.25, 0.3) is 10.9 Å². The van der Waals surface area contributed by atoms with E-state index in [4.69, 9.17) is 14.2 Å². The number of hydrogen-bond acceptors (Lipinski definition) is 9. The fourth-order valence-electron chi connectivity index (χ4n) is 4.26. The molecule has 2 aromatic carbocycles. The first-order valence-corrected chi connectivity index (χ1v) is 11.6. The van der Waals surface area contributed by atoms with Crippen LogP contribution in [0, 0.1) is 0 Å². The molecular weight excluding hydrogens is 493 g/mol. The third-order valence-corrected chi connectivity index (χ3v) is 5.97. The van der Waals surface area contributed by atoms with Crippen LogP contribution in [0.5, 0.6) is 17.2 Å². The van der Waals surface area contributed by atoms with Crippen molar-refractivity contribution in [1.29, 1.82) is 0 Å². The van der Waals surface area contributed by atoms with Gasteiger partial charge in [-0.2, -0.15) is 13.2 Å². The molecule has 12 heteroatoms. The Morgan fingerprint density at radius 3 is 2.46 bits per heavy atom. The van der Waals surface area contributed by atoms with Gasteiger partial charge in [0, 0.05) is 49.4 Å². The number of nitrogens with one attached hydrogen (secondary N) is 2. The molecule has 9 nitrogen and oxygen atoms in total. The quantitative estimate of drug-likeness (QED) is 0.393. The minimum atomic E-state index is -4.98. The van der Waals surface area contributed by atoms with E-state index >= 15 is 0 Å². The maximum atomic E-state index is 14.4. The molecule has 0 radical (unpaired) electrons. The lowest BCUT2D eigenvalue weighted by Gasteiger charge is -2.30. The van der Waals surface area contributed by atoms with Crippen molar-refractivity contribution in [3.05, 3.63) is 41.5 Å². The van der Waals surface area contributed by atoms with Gasteiger partial charge in [0.25, 0.3) is 0 Å². The third-order valence-electron chi connectivity index (χ3n) is 5.97. The Morgan fingerprint density at radius 1 is 1.14 bits per heavy atom. The zero-order chi connectivity index (χ0) is 26.7. The summed E-state index contributed by atoms with van der Waals surface area (Å²) in [6, 6.07) is 7.28. The Hall–Kier alpha value is -3.93. The Balaban J connectivity index is 1.90. The molecule has 3 N–H and O–H groups in total. The lowest BCUT2D eigenvalue weighted by Crippen LogP contribution is -2.43. The fourth-order valence-corrected chi connectivity index (χ4v) is 4.26. The van der Waals surface area contributed by atoms with Gasteiger partial charge in [-0.1, -0.05) is 0 Å². The molecule has 4 rings (SSSR count). The Morgan fingerprint density at radius 2 is 1.84 bits per heavy atom. The third kappa shape index (κ3) is 5.29. The van der Waals surface area contributed by atoms with E-state index in [1.807, 2.05) is 6.07 Å². The normalized spacial score (nSPS) is 13.9. The summed E-state index contributed by atoms with van der Waals surface area (Å²) in [5.41, 5.74) is -1.05. The smallest absolute Gasteiger partial charge is 0.418 e. The van der Waals surface area contributed by atoms with Crippen molar-refractivity contribution in [2.45, 2.75) is 13.1 Å². The SMILES string of the molecule is CCOC(=O)c1c(Nc2ccc(N3CCNCC3)cc2OC)nc2cc(OC)c(O)cc2c1C(F)(F)F. The predicted molar refractivity (Wildman–Crippen MR) is 132 cm³/mol. The number of methoxy groups -OCH3 is 2. The van der Waals surface area contributed by atoms with Crippen LogP contribution >= 0.6 is 0 Å². The Bertz CT molecular complexity index is 1310. The van der Waals surface area contributed by atoms with Crippen LogP contribution in [-0.2, 0) is 10.9 Å². The average Bonchev–Trinajstić information content (AvgIpc) is 2.88. The van der Waals surface area contributed by atoms with E-state index in [-0.39, 0.29) is 23.7 Å². The number of alkyl halides is 3. The zero-order valence-electron chi connectivity index (χ0n) is 20.5. The second-order valence-electron chi connectivity index (χ2n) is 8.22. The van der Waals surface area contributed by atoms with Gasteiger partial charge in [-0.15, -0.1) is 0 Å².